The van der Waals surface area contributed by atoms with Gasteiger partial charge in [0.1, 0.15) is 17.5 Å². The zero-order valence-electron chi connectivity index (χ0n) is 26.4. The quantitative estimate of drug-likeness (QED) is 0.200. The summed E-state index contributed by atoms with van der Waals surface area (Å²) in [5.41, 5.74) is 1.63. The molecule has 0 radical (unpaired) electrons. The Morgan fingerprint density at radius 1 is 0.933 bits per heavy atom. The highest BCUT2D eigenvalue weighted by atomic mass is 35.5. The van der Waals surface area contributed by atoms with Gasteiger partial charge in [-0.2, -0.15) is 10.2 Å². The third-order valence-corrected chi connectivity index (χ3v) is 11.6. The van der Waals surface area contributed by atoms with Crippen LogP contribution in [0.25, 0.3) is 0 Å². The lowest BCUT2D eigenvalue weighted by Gasteiger charge is -2.45. The van der Waals surface area contributed by atoms with E-state index in [1.165, 1.54) is 25.7 Å². The van der Waals surface area contributed by atoms with Crippen molar-refractivity contribution in [1.82, 2.24) is 20.6 Å². The molecule has 4 aliphatic carbocycles. The van der Waals surface area contributed by atoms with Gasteiger partial charge in [-0.1, -0.05) is 43.1 Å². The van der Waals surface area contributed by atoms with E-state index in [2.05, 4.69) is 44.2 Å². The molecule has 0 amide bonds. The Morgan fingerprint density at radius 2 is 1.64 bits per heavy atom. The summed E-state index contributed by atoms with van der Waals surface area (Å²) in [5, 5.41) is 25.1. The Labute approximate surface area is 271 Å². The lowest BCUT2D eigenvalue weighted by Crippen LogP contribution is -2.53. The number of aromatic nitrogens is 2. The van der Waals surface area contributed by atoms with Gasteiger partial charge in [-0.05, 0) is 93.1 Å². The van der Waals surface area contributed by atoms with Crippen molar-refractivity contribution in [2.24, 2.45) is 17.3 Å². The average molecular weight is 640 g/mol. The molecule has 4 atom stereocenters. The number of halogens is 3. The van der Waals surface area contributed by atoms with Crippen molar-refractivity contribution < 1.29 is 8.78 Å². The first-order chi connectivity index (χ1) is 21.7. The fourth-order valence-electron chi connectivity index (χ4n) is 8.72. The molecule has 4 saturated carbocycles. The number of fused-ring (bicyclic) bond motifs is 2. The van der Waals surface area contributed by atoms with Gasteiger partial charge in [0.2, 0.25) is 11.9 Å². The molecule has 4 N–H and O–H groups in total. The fraction of sp³-hybridized carbons (Fsp3) is 0.686. The van der Waals surface area contributed by atoms with Gasteiger partial charge in [0.05, 0.1) is 6.20 Å². The molecule has 4 aliphatic rings. The summed E-state index contributed by atoms with van der Waals surface area (Å²) >= 11 is 6.31. The van der Waals surface area contributed by atoms with Crippen LogP contribution in [-0.4, -0.2) is 46.6 Å². The number of nitrogens with one attached hydrogen (secondary N) is 4. The van der Waals surface area contributed by atoms with Crippen molar-refractivity contribution in [2.45, 2.75) is 127 Å². The van der Waals surface area contributed by atoms with Gasteiger partial charge < -0.3 is 21.3 Å². The lowest BCUT2D eigenvalue weighted by atomic mass is 9.67. The second-order valence-electron chi connectivity index (χ2n) is 14.3. The van der Waals surface area contributed by atoms with Gasteiger partial charge in [-0.15, -0.1) is 0 Å². The summed E-state index contributed by atoms with van der Waals surface area (Å²) in [6, 6.07) is 11.8. The van der Waals surface area contributed by atoms with Gasteiger partial charge in [0.15, 0.2) is 0 Å². The Hall–Kier alpha value is -2.54. The summed E-state index contributed by atoms with van der Waals surface area (Å²) in [4.78, 5) is 9.04. The van der Waals surface area contributed by atoms with Gasteiger partial charge in [-0.3, -0.25) is 0 Å². The van der Waals surface area contributed by atoms with Crippen LogP contribution < -0.4 is 21.3 Å². The Bertz CT molecular complexity index is 1330. The summed E-state index contributed by atoms with van der Waals surface area (Å²) in [6.45, 7) is 3.64. The molecule has 0 saturated heterocycles. The van der Waals surface area contributed by atoms with Crippen molar-refractivity contribution >= 4 is 23.4 Å². The van der Waals surface area contributed by atoms with E-state index in [0.29, 0.717) is 71.7 Å². The van der Waals surface area contributed by atoms with E-state index in [1.807, 2.05) is 24.3 Å². The Morgan fingerprint density at radius 3 is 2.36 bits per heavy atom. The van der Waals surface area contributed by atoms with E-state index in [9.17, 15) is 14.0 Å². The van der Waals surface area contributed by atoms with Crippen LogP contribution in [0.15, 0.2) is 30.5 Å². The van der Waals surface area contributed by atoms with E-state index in [1.54, 1.807) is 6.20 Å². The standard InChI is InChI=1S/C35H48ClF2N7/c1-2-23-17-34(22-42-32-26(19-39)21-41-33(45-32)40-20-25-5-3-4-6-30(25)36)14-11-24(18-34)31(23)44-28-9-7-27(8-10-28)43-29-12-15-35(37,38)16-13-29/h3-6,21,23-24,27-29,31,43-44H,2,7-18,20,22H2,1H3,(H2,40,41,42,45). The Balaban J connectivity index is 1.01. The lowest BCUT2D eigenvalue weighted by molar-refractivity contribution is -0.0416. The molecule has 4 unspecified atom stereocenters. The number of benzene rings is 1. The van der Waals surface area contributed by atoms with E-state index in [0.717, 1.165) is 44.2 Å². The van der Waals surface area contributed by atoms with Crippen molar-refractivity contribution in [3.63, 3.8) is 0 Å². The number of hydrogen-bond acceptors (Lipinski definition) is 7. The van der Waals surface area contributed by atoms with Crippen molar-refractivity contribution in [3.05, 3.63) is 46.6 Å². The molecule has 1 heterocycles. The molecular formula is C35H48ClF2N7. The minimum atomic E-state index is -2.46. The minimum absolute atomic E-state index is 0.0291. The second kappa shape index (κ2) is 14.1. The van der Waals surface area contributed by atoms with Crippen LogP contribution in [-0.2, 0) is 6.54 Å². The van der Waals surface area contributed by atoms with Gasteiger partial charge in [0.25, 0.3) is 0 Å². The molecule has 0 aliphatic heterocycles. The van der Waals surface area contributed by atoms with Crippen molar-refractivity contribution in [3.8, 4) is 6.07 Å². The molecule has 2 bridgehead atoms. The van der Waals surface area contributed by atoms with Crippen molar-refractivity contribution in [2.75, 3.05) is 17.2 Å². The third-order valence-electron chi connectivity index (χ3n) is 11.3. The van der Waals surface area contributed by atoms with Crippen LogP contribution in [0.1, 0.15) is 102 Å². The van der Waals surface area contributed by atoms with Gasteiger partial charge in [0, 0.05) is 55.1 Å². The summed E-state index contributed by atoms with van der Waals surface area (Å²) in [7, 11) is 0. The second-order valence-corrected chi connectivity index (χ2v) is 14.7. The maximum absolute atomic E-state index is 13.6. The molecule has 244 valence electrons. The predicted octanol–water partition coefficient (Wildman–Crippen LogP) is 7.68. The number of nitrogens with zero attached hydrogens (tertiary/aromatic N) is 3. The topological polar surface area (TPSA) is 97.7 Å². The van der Waals surface area contributed by atoms with E-state index >= 15 is 0 Å². The van der Waals surface area contributed by atoms with E-state index in [-0.39, 0.29) is 24.3 Å². The summed E-state index contributed by atoms with van der Waals surface area (Å²) in [5.74, 6) is -0.103. The molecule has 7 nitrogen and oxygen atoms in total. The highest BCUT2D eigenvalue weighted by molar-refractivity contribution is 6.31. The normalized spacial score (nSPS) is 31.3. The molecule has 1 aromatic heterocycles. The minimum Gasteiger partial charge on any atom is -0.368 e. The summed E-state index contributed by atoms with van der Waals surface area (Å²) in [6.07, 6.45) is 13.4. The number of anilines is 2. The smallest absolute Gasteiger partial charge is 0.248 e. The SMILES string of the molecule is CCC1CC2(CNc3nc(NCc4ccccc4Cl)ncc3C#N)CCC(C2)C1NC1CCC(NC2CCC(F)(F)CC2)CC1. The van der Waals surface area contributed by atoms with Gasteiger partial charge in [-0.25, -0.2) is 13.8 Å². The van der Waals surface area contributed by atoms with Crippen LogP contribution >= 0.6 is 11.6 Å². The molecule has 4 fully saturated rings. The largest absolute Gasteiger partial charge is 0.368 e. The maximum atomic E-state index is 13.6. The predicted molar refractivity (Wildman–Crippen MR) is 175 cm³/mol. The van der Waals surface area contributed by atoms with Crippen LogP contribution in [0, 0.1) is 28.6 Å². The average Bonchev–Trinajstić information content (AvgIpc) is 3.41. The zero-order valence-corrected chi connectivity index (χ0v) is 27.2. The number of nitriles is 1. The highest BCUT2D eigenvalue weighted by Gasteiger charge is 2.50. The number of hydrogen-bond donors (Lipinski definition) is 4. The fourth-order valence-corrected chi connectivity index (χ4v) is 8.93. The first-order valence-corrected chi connectivity index (χ1v) is 17.5. The van der Waals surface area contributed by atoms with Crippen LogP contribution in [0.5, 0.6) is 0 Å². The first kappa shape index (κ1) is 32.4. The van der Waals surface area contributed by atoms with Crippen LogP contribution in [0.2, 0.25) is 5.02 Å². The Kier molecular flexibility index (Phi) is 10.1. The van der Waals surface area contributed by atoms with Gasteiger partial charge >= 0.3 is 0 Å². The molecule has 10 heteroatoms. The molecule has 2 aromatic rings. The highest BCUT2D eigenvalue weighted by Crippen LogP contribution is 2.54. The molecule has 0 spiro atoms. The van der Waals surface area contributed by atoms with E-state index in [4.69, 9.17) is 11.6 Å². The van der Waals surface area contributed by atoms with Crippen LogP contribution in [0.4, 0.5) is 20.5 Å². The number of alkyl halides is 2. The molecule has 6 rings (SSSR count). The first-order valence-electron chi connectivity index (χ1n) is 17.1. The molecular weight excluding hydrogens is 592 g/mol. The maximum Gasteiger partial charge on any atom is 0.248 e. The van der Waals surface area contributed by atoms with Crippen molar-refractivity contribution in [1.29, 1.82) is 5.26 Å². The van der Waals surface area contributed by atoms with E-state index < -0.39 is 5.92 Å². The molecule has 1 aromatic carbocycles. The number of rotatable bonds is 11. The van der Waals surface area contributed by atoms with Crippen LogP contribution in [0.3, 0.4) is 0 Å². The third kappa shape index (κ3) is 7.89. The summed E-state index contributed by atoms with van der Waals surface area (Å²) < 4.78 is 27.1. The zero-order chi connectivity index (χ0) is 31.4. The monoisotopic (exact) mass is 639 g/mol. The molecule has 45 heavy (non-hydrogen) atoms.